The zero-order valence-corrected chi connectivity index (χ0v) is 17.2. The van der Waals surface area contributed by atoms with Gasteiger partial charge in [0, 0.05) is 38.1 Å². The Balaban J connectivity index is 1.84. The Morgan fingerprint density at radius 3 is 2.65 bits per heavy atom. The molecule has 3 heterocycles. The molecule has 160 valence electrons. The minimum absolute atomic E-state index is 0.0582. The van der Waals surface area contributed by atoms with Gasteiger partial charge in [0.15, 0.2) is 0 Å². The Hall–Kier alpha value is -3.66. The average molecular weight is 426 g/mol. The summed E-state index contributed by atoms with van der Waals surface area (Å²) < 4.78 is 41.1. The molecule has 0 aliphatic heterocycles. The number of aromatic amines is 1. The number of nitrogens with one attached hydrogen (secondary N) is 1. The van der Waals surface area contributed by atoms with Crippen LogP contribution in [0.3, 0.4) is 0 Å². The highest BCUT2D eigenvalue weighted by molar-refractivity contribution is 5.82. The molecule has 0 fully saturated rings. The third kappa shape index (κ3) is 4.02. The Morgan fingerprint density at radius 2 is 1.90 bits per heavy atom. The quantitative estimate of drug-likeness (QED) is 0.455. The number of hydrogen-bond donors (Lipinski definition) is 1. The number of ether oxygens (including phenoxy) is 2. The summed E-state index contributed by atoms with van der Waals surface area (Å²) in [5.74, 6) is -1.44. The fraction of sp³-hybridized carbons (Fsp3) is 0.238. The minimum atomic E-state index is -0.763. The lowest BCUT2D eigenvalue weighted by Gasteiger charge is -2.14. The number of aryl methyl sites for hydroxylation is 2. The molecule has 1 N–H and O–H groups in total. The van der Waals surface area contributed by atoms with Crippen molar-refractivity contribution < 1.29 is 18.3 Å². The van der Waals surface area contributed by atoms with Crippen LogP contribution in [-0.2, 0) is 11.8 Å². The summed E-state index contributed by atoms with van der Waals surface area (Å²) in [5.41, 5.74) is 3.62. The first-order valence-electron chi connectivity index (χ1n) is 9.46. The standard InChI is InChI=1S/C21H20F2N6O2/c1-12-19(27-28-26-12)13-4-5-24-16(8-13)20-21(29(2)11-25-20)18-15(23)9-14(22)10-17(18)31-7-6-30-3/h4-5,8-11H,6-7H2,1-3H3,(H,26,27,28). The van der Waals surface area contributed by atoms with Crippen molar-refractivity contribution in [2.24, 2.45) is 7.05 Å². The van der Waals surface area contributed by atoms with Gasteiger partial charge in [0.05, 0.1) is 35.6 Å². The molecule has 8 nitrogen and oxygen atoms in total. The van der Waals surface area contributed by atoms with E-state index in [1.807, 2.05) is 6.92 Å². The van der Waals surface area contributed by atoms with Crippen molar-refractivity contribution in [1.82, 2.24) is 29.9 Å². The van der Waals surface area contributed by atoms with Gasteiger partial charge in [0.2, 0.25) is 0 Å². The van der Waals surface area contributed by atoms with Gasteiger partial charge in [-0.25, -0.2) is 13.8 Å². The number of pyridine rings is 1. The first kappa shape index (κ1) is 20.6. The van der Waals surface area contributed by atoms with E-state index in [-0.39, 0.29) is 24.5 Å². The Bertz CT molecular complexity index is 1220. The number of halogens is 2. The maximum atomic E-state index is 15.0. The van der Waals surface area contributed by atoms with Crippen molar-refractivity contribution in [1.29, 1.82) is 0 Å². The predicted molar refractivity (Wildman–Crippen MR) is 109 cm³/mol. The summed E-state index contributed by atoms with van der Waals surface area (Å²) in [6.07, 6.45) is 3.16. The summed E-state index contributed by atoms with van der Waals surface area (Å²) in [6.45, 7) is 2.25. The number of benzene rings is 1. The van der Waals surface area contributed by atoms with Crippen LogP contribution in [0.4, 0.5) is 8.78 Å². The average Bonchev–Trinajstić information content (AvgIpc) is 3.34. The monoisotopic (exact) mass is 426 g/mol. The normalized spacial score (nSPS) is 11.1. The Morgan fingerprint density at radius 1 is 1.06 bits per heavy atom. The van der Waals surface area contributed by atoms with Crippen LogP contribution in [0.1, 0.15) is 5.69 Å². The van der Waals surface area contributed by atoms with E-state index in [9.17, 15) is 8.78 Å². The third-order valence-corrected chi connectivity index (χ3v) is 4.74. The van der Waals surface area contributed by atoms with Crippen LogP contribution in [-0.4, -0.2) is 50.3 Å². The third-order valence-electron chi connectivity index (χ3n) is 4.74. The smallest absolute Gasteiger partial charge is 0.139 e. The Kier molecular flexibility index (Phi) is 5.72. The van der Waals surface area contributed by atoms with Gasteiger partial charge in [-0.1, -0.05) is 0 Å². The Labute approximate surface area is 176 Å². The number of aromatic nitrogens is 6. The van der Waals surface area contributed by atoms with Crippen LogP contribution < -0.4 is 4.74 Å². The van der Waals surface area contributed by atoms with Crippen molar-refractivity contribution >= 4 is 0 Å². The number of rotatable bonds is 7. The van der Waals surface area contributed by atoms with E-state index in [2.05, 4.69) is 25.4 Å². The van der Waals surface area contributed by atoms with E-state index >= 15 is 0 Å². The zero-order valence-electron chi connectivity index (χ0n) is 17.2. The zero-order chi connectivity index (χ0) is 22.0. The number of imidazole rings is 1. The van der Waals surface area contributed by atoms with Crippen LogP contribution >= 0.6 is 0 Å². The molecule has 31 heavy (non-hydrogen) atoms. The fourth-order valence-electron chi connectivity index (χ4n) is 3.31. The van der Waals surface area contributed by atoms with Crippen LogP contribution in [0, 0.1) is 18.6 Å². The molecule has 0 unspecified atom stereocenters. The lowest BCUT2D eigenvalue weighted by Crippen LogP contribution is -2.07. The number of methoxy groups -OCH3 is 1. The number of nitrogens with zero attached hydrogens (tertiary/aromatic N) is 5. The molecule has 0 saturated heterocycles. The van der Waals surface area contributed by atoms with Crippen LogP contribution in [0.25, 0.3) is 33.9 Å². The lowest BCUT2D eigenvalue weighted by atomic mass is 10.0. The summed E-state index contributed by atoms with van der Waals surface area (Å²) in [6, 6.07) is 5.56. The number of H-pyrrole nitrogens is 1. The molecule has 3 aromatic heterocycles. The molecule has 0 aliphatic rings. The van der Waals surface area contributed by atoms with Crippen LogP contribution in [0.15, 0.2) is 36.8 Å². The van der Waals surface area contributed by atoms with E-state index in [1.165, 1.54) is 7.11 Å². The predicted octanol–water partition coefficient (Wildman–Crippen LogP) is 3.55. The fourth-order valence-corrected chi connectivity index (χ4v) is 3.31. The van der Waals surface area contributed by atoms with Gasteiger partial charge in [-0.05, 0) is 19.1 Å². The van der Waals surface area contributed by atoms with Gasteiger partial charge >= 0.3 is 0 Å². The van der Waals surface area contributed by atoms with Crippen molar-refractivity contribution in [3.63, 3.8) is 0 Å². The molecule has 10 heteroatoms. The molecule has 0 bridgehead atoms. The molecule has 0 radical (unpaired) electrons. The molecule has 0 atom stereocenters. The van der Waals surface area contributed by atoms with E-state index < -0.39 is 11.6 Å². The summed E-state index contributed by atoms with van der Waals surface area (Å²) in [7, 11) is 3.24. The van der Waals surface area contributed by atoms with Gasteiger partial charge in [0.25, 0.3) is 0 Å². The van der Waals surface area contributed by atoms with Crippen LogP contribution in [0.2, 0.25) is 0 Å². The molecule has 0 saturated carbocycles. The van der Waals surface area contributed by atoms with E-state index in [0.717, 1.165) is 23.4 Å². The molecule has 0 aliphatic carbocycles. The van der Waals surface area contributed by atoms with Gasteiger partial charge < -0.3 is 14.0 Å². The maximum absolute atomic E-state index is 15.0. The highest BCUT2D eigenvalue weighted by Crippen LogP contribution is 2.39. The second-order valence-corrected chi connectivity index (χ2v) is 6.84. The molecule has 0 spiro atoms. The second-order valence-electron chi connectivity index (χ2n) is 6.84. The SMILES string of the molecule is COCCOc1cc(F)cc(F)c1-c1c(-c2cc(-c3n[nH]nc3C)ccn2)ncn1C. The van der Waals surface area contributed by atoms with Gasteiger partial charge in [-0.2, -0.15) is 15.4 Å². The van der Waals surface area contributed by atoms with Gasteiger partial charge in [-0.3, -0.25) is 4.98 Å². The van der Waals surface area contributed by atoms with Crippen molar-refractivity contribution in [2.45, 2.75) is 6.92 Å². The maximum Gasteiger partial charge on any atom is 0.139 e. The second kappa shape index (κ2) is 8.60. The summed E-state index contributed by atoms with van der Waals surface area (Å²) in [4.78, 5) is 8.83. The van der Waals surface area contributed by atoms with Crippen molar-refractivity contribution in [3.05, 3.63) is 54.1 Å². The molecular formula is C21H20F2N6O2. The van der Waals surface area contributed by atoms with Crippen molar-refractivity contribution in [2.75, 3.05) is 20.3 Å². The lowest BCUT2D eigenvalue weighted by molar-refractivity contribution is 0.146. The number of hydrogen-bond acceptors (Lipinski definition) is 6. The molecule has 0 amide bonds. The minimum Gasteiger partial charge on any atom is -0.490 e. The molecular weight excluding hydrogens is 406 g/mol. The van der Waals surface area contributed by atoms with E-state index in [0.29, 0.717) is 22.8 Å². The largest absolute Gasteiger partial charge is 0.490 e. The molecule has 4 aromatic rings. The molecule has 4 rings (SSSR count). The van der Waals surface area contributed by atoms with E-state index in [1.54, 1.807) is 36.3 Å². The first-order chi connectivity index (χ1) is 15.0. The van der Waals surface area contributed by atoms with Gasteiger partial charge in [0.1, 0.15) is 35.4 Å². The first-order valence-corrected chi connectivity index (χ1v) is 9.46. The van der Waals surface area contributed by atoms with Crippen molar-refractivity contribution in [3.8, 4) is 39.7 Å². The highest BCUT2D eigenvalue weighted by atomic mass is 19.1. The highest BCUT2D eigenvalue weighted by Gasteiger charge is 2.23. The van der Waals surface area contributed by atoms with Gasteiger partial charge in [-0.15, -0.1) is 0 Å². The molecule has 1 aromatic carbocycles. The van der Waals surface area contributed by atoms with Crippen LogP contribution in [0.5, 0.6) is 5.75 Å². The summed E-state index contributed by atoms with van der Waals surface area (Å²) >= 11 is 0. The van der Waals surface area contributed by atoms with E-state index in [4.69, 9.17) is 9.47 Å². The topological polar surface area (TPSA) is 90.7 Å². The summed E-state index contributed by atoms with van der Waals surface area (Å²) in [5, 5.41) is 10.8.